The van der Waals surface area contributed by atoms with Crippen LogP contribution in [0.15, 0.2) is 76.7 Å². The van der Waals surface area contributed by atoms with Gasteiger partial charge in [0.05, 0.1) is 27.2 Å². The van der Waals surface area contributed by atoms with Crippen LogP contribution >= 0.6 is 0 Å². The summed E-state index contributed by atoms with van der Waals surface area (Å²) in [6.45, 7) is 0. The van der Waals surface area contributed by atoms with Crippen LogP contribution in [0.5, 0.6) is 0 Å². The third kappa shape index (κ3) is 4.99. The highest BCUT2D eigenvalue weighted by molar-refractivity contribution is 7.91. The van der Waals surface area contributed by atoms with Gasteiger partial charge >= 0.3 is 0 Å². The smallest absolute Gasteiger partial charge is 0.177 e. The molecular weight excluding hydrogens is 415 g/mol. The molecule has 152 valence electrons. The zero-order chi connectivity index (χ0) is 21.2. The van der Waals surface area contributed by atoms with Crippen LogP contribution in [0.1, 0.15) is 17.3 Å². The molecule has 0 spiro atoms. The van der Waals surface area contributed by atoms with Crippen LogP contribution in [-0.4, -0.2) is 34.3 Å². The minimum atomic E-state index is -3.76. The lowest BCUT2D eigenvalue weighted by Gasteiger charge is -2.22. The van der Waals surface area contributed by atoms with E-state index in [1.807, 2.05) is 0 Å². The molecule has 1 aromatic heterocycles. The summed E-state index contributed by atoms with van der Waals surface area (Å²) >= 11 is 0. The van der Waals surface area contributed by atoms with Crippen LogP contribution < -0.4 is 5.32 Å². The Balaban J connectivity index is 2.15. The topological polar surface area (TPSA) is 93.2 Å². The van der Waals surface area contributed by atoms with Crippen LogP contribution in [-0.2, 0) is 19.7 Å². The standard InChI is InChI=1S/C20H19FN2O4S2/c1-28(24,25)16-9-10-17(19(13-16)29(2,26)27)23-20(18-8-3-4-11-22-18)14-6-5-7-15(21)12-14/h3-13,20,23H,1-2H3. The lowest BCUT2D eigenvalue weighted by molar-refractivity contribution is 0.600. The summed E-state index contributed by atoms with van der Waals surface area (Å²) in [6, 6.07) is 14.3. The van der Waals surface area contributed by atoms with Crippen molar-refractivity contribution in [3.8, 4) is 0 Å². The molecule has 6 nitrogen and oxygen atoms in total. The van der Waals surface area contributed by atoms with Crippen molar-refractivity contribution in [2.45, 2.75) is 15.8 Å². The van der Waals surface area contributed by atoms with Gasteiger partial charge in [-0.05, 0) is 48.0 Å². The first kappa shape index (κ1) is 20.9. The first-order chi connectivity index (χ1) is 13.6. The molecule has 1 N–H and O–H groups in total. The maximum atomic E-state index is 13.8. The van der Waals surface area contributed by atoms with E-state index in [0.29, 0.717) is 11.3 Å². The van der Waals surface area contributed by atoms with E-state index in [1.54, 1.807) is 36.5 Å². The van der Waals surface area contributed by atoms with Crippen LogP contribution in [0.2, 0.25) is 0 Å². The van der Waals surface area contributed by atoms with E-state index in [4.69, 9.17) is 0 Å². The number of rotatable bonds is 6. The average Bonchev–Trinajstić information content (AvgIpc) is 2.65. The summed E-state index contributed by atoms with van der Waals surface area (Å²) in [7, 11) is -7.35. The zero-order valence-electron chi connectivity index (χ0n) is 15.7. The van der Waals surface area contributed by atoms with Crippen LogP contribution in [0.4, 0.5) is 10.1 Å². The SMILES string of the molecule is CS(=O)(=O)c1ccc(NC(c2cccc(F)c2)c2ccccn2)c(S(C)(=O)=O)c1. The number of benzene rings is 2. The number of aromatic nitrogens is 1. The maximum Gasteiger partial charge on any atom is 0.177 e. The van der Waals surface area contributed by atoms with Crippen molar-refractivity contribution in [3.05, 3.63) is 83.9 Å². The number of nitrogens with one attached hydrogen (secondary N) is 1. The van der Waals surface area contributed by atoms with Gasteiger partial charge in [0.15, 0.2) is 19.7 Å². The molecule has 1 atom stereocenters. The number of sulfone groups is 2. The van der Waals surface area contributed by atoms with E-state index in [-0.39, 0.29) is 15.5 Å². The molecule has 29 heavy (non-hydrogen) atoms. The molecule has 9 heteroatoms. The van der Waals surface area contributed by atoms with Gasteiger partial charge in [0.25, 0.3) is 0 Å². The number of nitrogens with zero attached hydrogens (tertiary/aromatic N) is 1. The first-order valence-corrected chi connectivity index (χ1v) is 12.3. The number of hydrogen-bond acceptors (Lipinski definition) is 6. The van der Waals surface area contributed by atoms with Crippen molar-refractivity contribution < 1.29 is 21.2 Å². The van der Waals surface area contributed by atoms with E-state index in [9.17, 15) is 21.2 Å². The van der Waals surface area contributed by atoms with Crippen molar-refractivity contribution in [2.75, 3.05) is 17.8 Å². The monoisotopic (exact) mass is 434 g/mol. The highest BCUT2D eigenvalue weighted by atomic mass is 32.2. The second-order valence-electron chi connectivity index (χ2n) is 6.59. The van der Waals surface area contributed by atoms with Gasteiger partial charge in [0.2, 0.25) is 0 Å². The van der Waals surface area contributed by atoms with E-state index in [1.165, 1.54) is 24.3 Å². The summed E-state index contributed by atoms with van der Waals surface area (Å²) in [4.78, 5) is 4.02. The first-order valence-electron chi connectivity index (χ1n) is 8.53. The van der Waals surface area contributed by atoms with Crippen LogP contribution in [0.3, 0.4) is 0 Å². The minimum absolute atomic E-state index is 0.108. The average molecular weight is 435 g/mol. The number of halogens is 1. The molecule has 1 unspecified atom stereocenters. The molecule has 2 aromatic carbocycles. The third-order valence-corrected chi connectivity index (χ3v) is 6.49. The minimum Gasteiger partial charge on any atom is -0.372 e. The van der Waals surface area contributed by atoms with Gasteiger partial charge in [-0.2, -0.15) is 0 Å². The van der Waals surface area contributed by atoms with E-state index in [0.717, 1.165) is 18.6 Å². The quantitative estimate of drug-likeness (QED) is 0.640. The number of hydrogen-bond donors (Lipinski definition) is 1. The van der Waals surface area contributed by atoms with Gasteiger partial charge in [-0.1, -0.05) is 18.2 Å². The van der Waals surface area contributed by atoms with Crippen molar-refractivity contribution in [2.24, 2.45) is 0 Å². The molecule has 1 heterocycles. The Hall–Kier alpha value is -2.78. The van der Waals surface area contributed by atoms with Gasteiger partial charge in [-0.3, -0.25) is 4.98 Å². The lowest BCUT2D eigenvalue weighted by Crippen LogP contribution is -2.16. The van der Waals surface area contributed by atoms with Gasteiger partial charge in [-0.15, -0.1) is 0 Å². The van der Waals surface area contributed by atoms with Gasteiger partial charge < -0.3 is 5.32 Å². The predicted octanol–water partition coefficient (Wildman–Crippen LogP) is 3.23. The maximum absolute atomic E-state index is 13.8. The lowest BCUT2D eigenvalue weighted by atomic mass is 10.0. The Kier molecular flexibility index (Phi) is 5.72. The molecule has 0 bridgehead atoms. The number of anilines is 1. The Morgan fingerprint density at radius 2 is 1.66 bits per heavy atom. The largest absolute Gasteiger partial charge is 0.372 e. The molecule has 0 fully saturated rings. The number of pyridine rings is 1. The second kappa shape index (κ2) is 7.92. The molecular formula is C20H19FN2O4S2. The molecule has 3 rings (SSSR count). The Morgan fingerprint density at radius 1 is 0.897 bits per heavy atom. The normalized spacial score (nSPS) is 13.1. The molecule has 0 saturated heterocycles. The van der Waals surface area contributed by atoms with Crippen molar-refractivity contribution in [3.63, 3.8) is 0 Å². The van der Waals surface area contributed by atoms with E-state index >= 15 is 0 Å². The van der Waals surface area contributed by atoms with Gasteiger partial charge in [0.1, 0.15) is 5.82 Å². The van der Waals surface area contributed by atoms with E-state index in [2.05, 4.69) is 10.3 Å². The Morgan fingerprint density at radius 3 is 2.24 bits per heavy atom. The summed E-state index contributed by atoms with van der Waals surface area (Å²) in [6.07, 6.45) is 3.58. The molecule has 0 radical (unpaired) electrons. The van der Waals surface area contributed by atoms with Crippen LogP contribution in [0.25, 0.3) is 0 Å². The molecule has 0 aliphatic carbocycles. The van der Waals surface area contributed by atoms with Crippen LogP contribution in [0, 0.1) is 5.82 Å². The summed E-state index contributed by atoms with van der Waals surface area (Å²) in [5.74, 6) is -0.444. The molecule has 0 aliphatic heterocycles. The van der Waals surface area contributed by atoms with Gasteiger partial charge in [-0.25, -0.2) is 21.2 Å². The van der Waals surface area contributed by atoms with Gasteiger partial charge in [0, 0.05) is 18.7 Å². The van der Waals surface area contributed by atoms with E-state index < -0.39 is 31.5 Å². The summed E-state index contributed by atoms with van der Waals surface area (Å²) < 4.78 is 62.2. The fraction of sp³-hybridized carbons (Fsp3) is 0.150. The molecule has 0 aliphatic rings. The van der Waals surface area contributed by atoms with Crippen molar-refractivity contribution >= 4 is 25.4 Å². The molecule has 3 aromatic rings. The highest BCUT2D eigenvalue weighted by Gasteiger charge is 2.22. The fourth-order valence-corrected chi connectivity index (χ4v) is 4.46. The Bertz CT molecular complexity index is 1240. The fourth-order valence-electron chi connectivity index (χ4n) is 2.88. The second-order valence-corrected chi connectivity index (χ2v) is 10.6. The molecule has 0 saturated carbocycles. The molecule has 0 amide bonds. The van der Waals surface area contributed by atoms with Crippen molar-refractivity contribution in [1.29, 1.82) is 0 Å². The Labute approximate surface area is 169 Å². The third-order valence-electron chi connectivity index (χ3n) is 4.25. The highest BCUT2D eigenvalue weighted by Crippen LogP contribution is 2.31. The summed E-state index contributed by atoms with van der Waals surface area (Å²) in [5.41, 5.74) is 1.28. The summed E-state index contributed by atoms with van der Waals surface area (Å²) in [5, 5.41) is 3.09. The predicted molar refractivity (Wildman–Crippen MR) is 109 cm³/mol. The zero-order valence-corrected chi connectivity index (χ0v) is 17.3. The van der Waals surface area contributed by atoms with Crippen molar-refractivity contribution in [1.82, 2.24) is 4.98 Å².